The quantitative estimate of drug-likeness (QED) is 0.682. The van der Waals surface area contributed by atoms with E-state index >= 15 is 0 Å². The molecule has 1 aromatic rings. The van der Waals surface area contributed by atoms with Crippen LogP contribution in [0.15, 0.2) is 24.3 Å². The molecular weight excluding hydrogens is 213 g/mol. The number of hydrogen-bond donors (Lipinski definition) is 0. The molecule has 1 rings (SSSR count). The number of benzene rings is 1. The van der Waals surface area contributed by atoms with Crippen LogP contribution in [0.5, 0.6) is 0 Å². The van der Waals surface area contributed by atoms with Crippen molar-refractivity contribution in [1.29, 1.82) is 0 Å². The van der Waals surface area contributed by atoms with Gasteiger partial charge < -0.3 is 0 Å². The summed E-state index contributed by atoms with van der Waals surface area (Å²) in [6.07, 6.45) is -1.41. The largest absolute Gasteiger partial charge is 0.416 e. The average Bonchev–Trinajstić information content (AvgIpc) is 2.25. The van der Waals surface area contributed by atoms with Gasteiger partial charge in [0.05, 0.1) is 5.56 Å². The molecule has 0 saturated heterocycles. The first-order chi connectivity index (χ1) is 7.49. The van der Waals surface area contributed by atoms with Gasteiger partial charge in [-0.2, -0.15) is 13.2 Å². The Morgan fingerprint density at radius 3 is 2.38 bits per heavy atom. The number of rotatable bonds is 4. The summed E-state index contributed by atoms with van der Waals surface area (Å²) in [5.41, 5.74) is 0.263. The maximum Gasteiger partial charge on any atom is 0.416 e. The highest BCUT2D eigenvalue weighted by Crippen LogP contribution is 2.32. The van der Waals surface area contributed by atoms with Crippen LogP contribution in [0.4, 0.5) is 13.2 Å². The van der Waals surface area contributed by atoms with Gasteiger partial charge in [0.25, 0.3) is 0 Å². The van der Waals surface area contributed by atoms with Crippen molar-refractivity contribution in [3.05, 3.63) is 35.4 Å². The zero-order valence-corrected chi connectivity index (χ0v) is 9.64. The Kier molecular flexibility index (Phi) is 4.39. The van der Waals surface area contributed by atoms with E-state index in [0.29, 0.717) is 0 Å². The minimum atomic E-state index is -4.24. The van der Waals surface area contributed by atoms with Crippen LogP contribution in [-0.2, 0) is 6.18 Å². The predicted molar refractivity (Wildman–Crippen MR) is 59.4 cm³/mol. The van der Waals surface area contributed by atoms with Gasteiger partial charge in [-0.05, 0) is 30.4 Å². The van der Waals surface area contributed by atoms with E-state index in [0.717, 1.165) is 30.9 Å². The molecule has 0 nitrogen and oxygen atoms in total. The van der Waals surface area contributed by atoms with Gasteiger partial charge in [0.2, 0.25) is 0 Å². The molecule has 0 bridgehead atoms. The average molecular weight is 230 g/mol. The Morgan fingerprint density at radius 1 is 1.19 bits per heavy atom. The molecule has 0 N–H and O–H groups in total. The fourth-order valence-corrected chi connectivity index (χ4v) is 1.92. The molecule has 1 atom stereocenters. The molecule has 3 heteroatoms. The number of alkyl halides is 3. The fourth-order valence-electron chi connectivity index (χ4n) is 1.92. The van der Waals surface area contributed by atoms with E-state index in [1.165, 1.54) is 12.1 Å². The Hall–Kier alpha value is -0.990. The van der Waals surface area contributed by atoms with Gasteiger partial charge in [0.1, 0.15) is 0 Å². The van der Waals surface area contributed by atoms with Gasteiger partial charge in [-0.3, -0.25) is 0 Å². The summed E-state index contributed by atoms with van der Waals surface area (Å²) in [4.78, 5) is 0. The molecule has 0 saturated carbocycles. The summed E-state index contributed by atoms with van der Waals surface area (Å²) in [6.45, 7) is 4.07. The van der Waals surface area contributed by atoms with Crippen LogP contribution in [0.1, 0.15) is 50.2 Å². The summed E-state index contributed by atoms with van der Waals surface area (Å²) in [5, 5.41) is 0. The fraction of sp³-hybridized carbons (Fsp3) is 0.538. The van der Waals surface area contributed by atoms with E-state index in [-0.39, 0.29) is 5.92 Å². The van der Waals surface area contributed by atoms with Gasteiger partial charge in [-0.15, -0.1) is 0 Å². The first kappa shape index (κ1) is 13.1. The highest BCUT2D eigenvalue weighted by atomic mass is 19.4. The van der Waals surface area contributed by atoms with E-state index in [1.807, 2.05) is 6.92 Å². The van der Waals surface area contributed by atoms with Crippen molar-refractivity contribution in [2.45, 2.75) is 45.2 Å². The lowest BCUT2D eigenvalue weighted by molar-refractivity contribution is -0.137. The summed E-state index contributed by atoms with van der Waals surface area (Å²) in [7, 11) is 0. The third-order valence-corrected chi connectivity index (χ3v) is 2.82. The first-order valence-corrected chi connectivity index (χ1v) is 5.66. The van der Waals surface area contributed by atoms with Gasteiger partial charge in [-0.25, -0.2) is 0 Å². The highest BCUT2D eigenvalue weighted by Gasteiger charge is 2.30. The second-order valence-electron chi connectivity index (χ2n) is 4.02. The molecular formula is C13H17F3. The van der Waals surface area contributed by atoms with Gasteiger partial charge in [-0.1, -0.05) is 38.5 Å². The monoisotopic (exact) mass is 230 g/mol. The normalized spacial score (nSPS) is 13.8. The molecule has 0 aromatic heterocycles. The Bertz CT molecular complexity index is 328. The molecule has 0 radical (unpaired) electrons. The first-order valence-electron chi connectivity index (χ1n) is 5.66. The molecule has 0 amide bonds. The van der Waals surface area contributed by atoms with Gasteiger partial charge in [0, 0.05) is 0 Å². The molecule has 16 heavy (non-hydrogen) atoms. The lowest BCUT2D eigenvalue weighted by atomic mass is 9.91. The molecule has 0 aliphatic heterocycles. The standard InChI is InChI=1S/C13H17F3/c1-3-6-10(4-2)11-7-5-8-12(9-11)13(14,15)16/h5,7-10H,3-4,6H2,1-2H3/t10-/m1/s1. The topological polar surface area (TPSA) is 0 Å². The van der Waals surface area contributed by atoms with Crippen LogP contribution in [0, 0.1) is 0 Å². The van der Waals surface area contributed by atoms with Crippen LogP contribution in [-0.4, -0.2) is 0 Å². The van der Waals surface area contributed by atoms with Crippen molar-refractivity contribution in [2.24, 2.45) is 0 Å². The Balaban J connectivity index is 2.97. The minimum absolute atomic E-state index is 0.243. The smallest absolute Gasteiger partial charge is 0.166 e. The lowest BCUT2D eigenvalue weighted by Gasteiger charge is -2.16. The van der Waals surface area contributed by atoms with Crippen LogP contribution in [0.3, 0.4) is 0 Å². The zero-order valence-electron chi connectivity index (χ0n) is 9.64. The van der Waals surface area contributed by atoms with Crippen LogP contribution < -0.4 is 0 Å². The van der Waals surface area contributed by atoms with E-state index < -0.39 is 11.7 Å². The van der Waals surface area contributed by atoms with Gasteiger partial charge >= 0.3 is 6.18 Å². The third-order valence-electron chi connectivity index (χ3n) is 2.82. The summed E-state index contributed by atoms with van der Waals surface area (Å²) in [6, 6.07) is 5.70. The van der Waals surface area contributed by atoms with Gasteiger partial charge in [0.15, 0.2) is 0 Å². The van der Waals surface area contributed by atoms with Crippen LogP contribution >= 0.6 is 0 Å². The Labute approximate surface area is 94.5 Å². The summed E-state index contributed by atoms with van der Waals surface area (Å²) >= 11 is 0. The molecule has 1 aromatic carbocycles. The molecule has 0 aliphatic carbocycles. The van der Waals surface area contributed by atoms with Crippen molar-refractivity contribution in [1.82, 2.24) is 0 Å². The van der Waals surface area contributed by atoms with E-state index in [9.17, 15) is 13.2 Å². The molecule has 0 unspecified atom stereocenters. The maximum atomic E-state index is 12.5. The van der Waals surface area contributed by atoms with Crippen molar-refractivity contribution in [3.8, 4) is 0 Å². The lowest BCUT2D eigenvalue weighted by Crippen LogP contribution is -2.06. The third kappa shape index (κ3) is 3.26. The molecule has 0 heterocycles. The second-order valence-corrected chi connectivity index (χ2v) is 4.02. The summed E-state index contributed by atoms with van der Waals surface area (Å²) in [5.74, 6) is 0.243. The van der Waals surface area contributed by atoms with Crippen molar-refractivity contribution in [3.63, 3.8) is 0 Å². The van der Waals surface area contributed by atoms with Crippen molar-refractivity contribution >= 4 is 0 Å². The molecule has 0 aliphatic rings. The highest BCUT2D eigenvalue weighted by molar-refractivity contribution is 5.28. The predicted octanol–water partition coefficient (Wildman–Crippen LogP) is 5.00. The van der Waals surface area contributed by atoms with Crippen LogP contribution in [0.2, 0.25) is 0 Å². The number of hydrogen-bond acceptors (Lipinski definition) is 0. The zero-order chi connectivity index (χ0) is 12.2. The summed E-state index contributed by atoms with van der Waals surface area (Å²) < 4.78 is 37.6. The van der Waals surface area contributed by atoms with E-state index in [4.69, 9.17) is 0 Å². The molecule has 0 fully saturated rings. The molecule has 0 spiro atoms. The minimum Gasteiger partial charge on any atom is -0.166 e. The van der Waals surface area contributed by atoms with Crippen molar-refractivity contribution < 1.29 is 13.2 Å². The maximum absolute atomic E-state index is 12.5. The second kappa shape index (κ2) is 5.37. The molecule has 90 valence electrons. The van der Waals surface area contributed by atoms with Crippen LogP contribution in [0.25, 0.3) is 0 Å². The van der Waals surface area contributed by atoms with E-state index in [1.54, 1.807) is 6.07 Å². The SMILES string of the molecule is CCC[C@@H](CC)c1cccc(C(F)(F)F)c1. The number of halogens is 3. The van der Waals surface area contributed by atoms with E-state index in [2.05, 4.69) is 6.92 Å². The Morgan fingerprint density at radius 2 is 1.88 bits per heavy atom. The van der Waals surface area contributed by atoms with Crippen molar-refractivity contribution in [2.75, 3.05) is 0 Å².